The van der Waals surface area contributed by atoms with Crippen molar-refractivity contribution in [1.82, 2.24) is 4.90 Å². The average molecular weight is 325 g/mol. The van der Waals surface area contributed by atoms with Crippen LogP contribution in [0.4, 0.5) is 0 Å². The van der Waals surface area contributed by atoms with Crippen LogP contribution in [0.1, 0.15) is 30.9 Å². The number of para-hydroxylation sites is 1. The van der Waals surface area contributed by atoms with Crippen molar-refractivity contribution >= 4 is 5.91 Å². The summed E-state index contributed by atoms with van der Waals surface area (Å²) in [4.78, 5) is 14.8. The summed E-state index contributed by atoms with van der Waals surface area (Å²) >= 11 is 0. The van der Waals surface area contributed by atoms with E-state index in [9.17, 15) is 4.79 Å². The van der Waals surface area contributed by atoms with Gasteiger partial charge >= 0.3 is 0 Å². The number of hydrogen-bond acceptors (Lipinski definition) is 3. The molecule has 1 aromatic carbocycles. The predicted molar refractivity (Wildman–Crippen MR) is 90.8 cm³/mol. The molecule has 0 unspecified atom stereocenters. The quantitative estimate of drug-likeness (QED) is 0.842. The molecular weight excluding hydrogens is 302 g/mol. The zero-order valence-electron chi connectivity index (χ0n) is 13.8. The minimum Gasteiger partial charge on any atom is -0.493 e. The van der Waals surface area contributed by atoms with Gasteiger partial charge in [0.2, 0.25) is 5.91 Å². The number of carbonyl (C=O) groups excluding carboxylic acids is 1. The molecule has 0 N–H and O–H groups in total. The smallest absolute Gasteiger partial charge is 0.226 e. The van der Waals surface area contributed by atoms with E-state index in [0.29, 0.717) is 18.4 Å². The number of rotatable bonds is 5. The van der Waals surface area contributed by atoms with Crippen molar-refractivity contribution in [2.45, 2.75) is 25.2 Å². The van der Waals surface area contributed by atoms with E-state index in [1.807, 2.05) is 47.4 Å². The largest absolute Gasteiger partial charge is 0.493 e. The van der Waals surface area contributed by atoms with Crippen molar-refractivity contribution < 1.29 is 13.9 Å². The van der Waals surface area contributed by atoms with E-state index in [1.165, 1.54) is 0 Å². The molecule has 1 saturated heterocycles. The van der Waals surface area contributed by atoms with Gasteiger partial charge in [0.15, 0.2) is 0 Å². The van der Waals surface area contributed by atoms with Gasteiger partial charge in [0.25, 0.3) is 0 Å². The molecule has 2 fully saturated rings. The van der Waals surface area contributed by atoms with Crippen molar-refractivity contribution in [3.8, 4) is 5.75 Å². The van der Waals surface area contributed by atoms with Crippen LogP contribution in [0.5, 0.6) is 5.75 Å². The lowest BCUT2D eigenvalue weighted by atomic mass is 9.98. The number of furan rings is 1. The highest BCUT2D eigenvalue weighted by atomic mass is 16.5. The molecule has 3 atom stereocenters. The van der Waals surface area contributed by atoms with Crippen LogP contribution in [0, 0.1) is 11.8 Å². The fraction of sp³-hybridized carbons (Fsp3) is 0.450. The van der Waals surface area contributed by atoms with Crippen molar-refractivity contribution in [3.05, 3.63) is 54.5 Å². The number of amides is 1. The van der Waals surface area contributed by atoms with E-state index >= 15 is 0 Å². The molecule has 2 aliphatic rings. The van der Waals surface area contributed by atoms with Crippen LogP contribution in [-0.2, 0) is 4.79 Å². The second kappa shape index (κ2) is 6.71. The van der Waals surface area contributed by atoms with Crippen LogP contribution in [0.3, 0.4) is 0 Å². The summed E-state index contributed by atoms with van der Waals surface area (Å²) < 4.78 is 11.3. The Morgan fingerprint density at radius 3 is 2.88 bits per heavy atom. The summed E-state index contributed by atoms with van der Waals surface area (Å²) in [5.41, 5.74) is 0. The van der Waals surface area contributed by atoms with E-state index < -0.39 is 0 Å². The normalized spacial score (nSPS) is 26.2. The third-order valence-electron chi connectivity index (χ3n) is 5.08. The summed E-state index contributed by atoms with van der Waals surface area (Å²) in [6.07, 6.45) is 4.80. The van der Waals surface area contributed by atoms with E-state index in [4.69, 9.17) is 9.15 Å². The summed E-state index contributed by atoms with van der Waals surface area (Å²) in [6, 6.07) is 13.8. The Hall–Kier alpha value is -2.23. The van der Waals surface area contributed by atoms with Crippen molar-refractivity contribution in [3.63, 3.8) is 0 Å². The van der Waals surface area contributed by atoms with Gasteiger partial charge in [-0.2, -0.15) is 0 Å². The molecule has 4 rings (SSSR count). The molecule has 1 aliphatic heterocycles. The predicted octanol–water partition coefficient (Wildman–Crippen LogP) is 3.70. The second-order valence-electron chi connectivity index (χ2n) is 6.88. The molecular formula is C20H23NO3. The van der Waals surface area contributed by atoms with Crippen molar-refractivity contribution in [2.75, 3.05) is 19.7 Å². The van der Waals surface area contributed by atoms with Gasteiger partial charge in [0, 0.05) is 30.8 Å². The fourth-order valence-corrected chi connectivity index (χ4v) is 3.65. The molecule has 2 aromatic rings. The van der Waals surface area contributed by atoms with Gasteiger partial charge in [0.1, 0.15) is 11.5 Å². The summed E-state index contributed by atoms with van der Waals surface area (Å²) in [5.74, 6) is 2.97. The van der Waals surface area contributed by atoms with Crippen molar-refractivity contribution in [2.24, 2.45) is 11.8 Å². The van der Waals surface area contributed by atoms with Gasteiger partial charge in [-0.3, -0.25) is 4.79 Å². The zero-order chi connectivity index (χ0) is 16.4. The SMILES string of the molecule is O=C([C@@H]1C[C@H]1c1ccco1)N1CCC[C@H](COc2ccccc2)C1. The van der Waals surface area contributed by atoms with E-state index in [2.05, 4.69) is 0 Å². The number of piperidine rings is 1. The molecule has 4 heteroatoms. The van der Waals surface area contributed by atoms with Crippen molar-refractivity contribution in [1.29, 1.82) is 0 Å². The molecule has 24 heavy (non-hydrogen) atoms. The lowest BCUT2D eigenvalue weighted by molar-refractivity contribution is -0.134. The Morgan fingerprint density at radius 2 is 2.08 bits per heavy atom. The summed E-state index contributed by atoms with van der Waals surface area (Å²) in [7, 11) is 0. The van der Waals surface area contributed by atoms with Gasteiger partial charge in [0.05, 0.1) is 12.9 Å². The first-order valence-electron chi connectivity index (χ1n) is 8.81. The highest BCUT2D eigenvalue weighted by Gasteiger charge is 2.47. The molecule has 126 valence electrons. The number of hydrogen-bond donors (Lipinski definition) is 0. The van der Waals surface area contributed by atoms with Crippen LogP contribution in [-0.4, -0.2) is 30.5 Å². The molecule has 1 saturated carbocycles. The third kappa shape index (κ3) is 3.32. The van der Waals surface area contributed by atoms with Crippen LogP contribution in [0.2, 0.25) is 0 Å². The lowest BCUT2D eigenvalue weighted by Crippen LogP contribution is -2.42. The first-order valence-corrected chi connectivity index (χ1v) is 8.81. The standard InChI is InChI=1S/C20H23NO3/c22-20(18-12-17(18)19-9-5-11-23-19)21-10-4-6-15(13-21)14-24-16-7-2-1-3-8-16/h1-3,5,7-9,11,15,17-18H,4,6,10,12-14H2/t15-,17+,18+/m0/s1. The zero-order valence-corrected chi connectivity index (χ0v) is 13.8. The summed E-state index contributed by atoms with van der Waals surface area (Å²) in [5, 5.41) is 0. The Kier molecular flexibility index (Phi) is 4.28. The van der Waals surface area contributed by atoms with Crippen LogP contribution < -0.4 is 4.74 Å². The Balaban J connectivity index is 1.29. The Bertz CT molecular complexity index is 667. The molecule has 1 amide bonds. The maximum Gasteiger partial charge on any atom is 0.226 e. The van der Waals surface area contributed by atoms with Gasteiger partial charge in [-0.15, -0.1) is 0 Å². The topological polar surface area (TPSA) is 42.7 Å². The number of likely N-dealkylation sites (tertiary alicyclic amines) is 1. The first-order chi connectivity index (χ1) is 11.8. The fourth-order valence-electron chi connectivity index (χ4n) is 3.65. The average Bonchev–Trinajstić information content (AvgIpc) is 3.25. The third-order valence-corrected chi connectivity index (χ3v) is 5.08. The van der Waals surface area contributed by atoms with Gasteiger partial charge in [-0.25, -0.2) is 0 Å². The van der Waals surface area contributed by atoms with Gasteiger partial charge in [-0.1, -0.05) is 18.2 Å². The molecule has 2 heterocycles. The minimum atomic E-state index is 0.116. The van der Waals surface area contributed by atoms with Crippen LogP contribution >= 0.6 is 0 Å². The molecule has 4 nitrogen and oxygen atoms in total. The lowest BCUT2D eigenvalue weighted by Gasteiger charge is -2.33. The van der Waals surface area contributed by atoms with Crippen LogP contribution in [0.15, 0.2) is 53.1 Å². The highest BCUT2D eigenvalue weighted by molar-refractivity contribution is 5.83. The Labute approximate surface area is 142 Å². The van der Waals surface area contributed by atoms with E-state index in [-0.39, 0.29) is 11.8 Å². The molecule has 0 bridgehead atoms. The first kappa shape index (κ1) is 15.3. The summed E-state index contributed by atoms with van der Waals surface area (Å²) in [6.45, 7) is 2.37. The van der Waals surface area contributed by atoms with E-state index in [1.54, 1.807) is 6.26 Å². The van der Waals surface area contributed by atoms with Gasteiger partial charge < -0.3 is 14.1 Å². The van der Waals surface area contributed by atoms with Gasteiger partial charge in [-0.05, 0) is 43.5 Å². The molecule has 0 radical (unpaired) electrons. The Morgan fingerprint density at radius 1 is 1.21 bits per heavy atom. The molecule has 1 aromatic heterocycles. The monoisotopic (exact) mass is 325 g/mol. The number of benzene rings is 1. The van der Waals surface area contributed by atoms with E-state index in [0.717, 1.165) is 43.9 Å². The number of carbonyl (C=O) groups is 1. The molecule has 0 spiro atoms. The highest BCUT2D eigenvalue weighted by Crippen LogP contribution is 2.48. The maximum atomic E-state index is 12.7. The molecule has 1 aliphatic carbocycles. The maximum absolute atomic E-state index is 12.7. The minimum absolute atomic E-state index is 0.116. The number of nitrogens with zero attached hydrogens (tertiary/aromatic N) is 1. The van der Waals surface area contributed by atoms with Crippen LogP contribution in [0.25, 0.3) is 0 Å². The second-order valence-corrected chi connectivity index (χ2v) is 6.88. The number of ether oxygens (including phenoxy) is 1.